The molecule has 1 saturated heterocycles. The largest absolute Gasteiger partial charge is 0.357 e. The maximum atomic E-state index is 4.81. The van der Waals surface area contributed by atoms with E-state index in [9.17, 15) is 0 Å². The second kappa shape index (κ2) is 13.7. The van der Waals surface area contributed by atoms with Crippen LogP contribution in [0.2, 0.25) is 0 Å². The number of piperidine rings is 1. The summed E-state index contributed by atoms with van der Waals surface area (Å²) in [6, 6.07) is 11.8. The number of likely N-dealkylation sites (tertiary alicyclic amines) is 1. The van der Waals surface area contributed by atoms with Gasteiger partial charge in [0.2, 0.25) is 0 Å². The van der Waals surface area contributed by atoms with Crippen LogP contribution in [0.5, 0.6) is 0 Å². The Morgan fingerprint density at radius 2 is 1.94 bits per heavy atom. The molecule has 0 radical (unpaired) electrons. The molecule has 2 heterocycles. The Morgan fingerprint density at radius 1 is 1.19 bits per heavy atom. The molecule has 31 heavy (non-hydrogen) atoms. The van der Waals surface area contributed by atoms with Crippen molar-refractivity contribution in [1.29, 1.82) is 0 Å². The Balaban J connectivity index is 0.00000341. The van der Waals surface area contributed by atoms with E-state index in [1.165, 1.54) is 5.56 Å². The Bertz CT molecular complexity index is 767. The summed E-state index contributed by atoms with van der Waals surface area (Å²) in [5.41, 5.74) is 1.41. The number of nitrogens with zero attached hydrogens (tertiary/aromatic N) is 4. The lowest BCUT2D eigenvalue weighted by atomic mass is 10.0. The third-order valence-corrected chi connectivity index (χ3v) is 6.05. The van der Waals surface area contributed by atoms with Crippen LogP contribution in [0, 0.1) is 6.92 Å². The van der Waals surface area contributed by atoms with Gasteiger partial charge in [-0.25, -0.2) is 4.98 Å². The second-order valence-corrected chi connectivity index (χ2v) is 8.18. The fourth-order valence-corrected chi connectivity index (χ4v) is 4.11. The number of hydrogen-bond acceptors (Lipinski definition) is 3. The molecule has 1 atom stereocenters. The maximum absolute atomic E-state index is 4.81. The smallest absolute Gasteiger partial charge is 0.191 e. The van der Waals surface area contributed by atoms with Crippen molar-refractivity contribution in [2.75, 3.05) is 26.2 Å². The number of rotatable bonds is 9. The van der Waals surface area contributed by atoms with E-state index in [-0.39, 0.29) is 24.0 Å². The fourth-order valence-electron chi connectivity index (χ4n) is 4.11. The van der Waals surface area contributed by atoms with Crippen LogP contribution in [-0.4, -0.2) is 52.6 Å². The second-order valence-electron chi connectivity index (χ2n) is 8.18. The lowest BCUT2D eigenvalue weighted by molar-refractivity contribution is 0.158. The molecule has 3 rings (SSSR count). The van der Waals surface area contributed by atoms with Gasteiger partial charge in [0.1, 0.15) is 5.82 Å². The molecule has 0 amide bonds. The van der Waals surface area contributed by atoms with Crippen molar-refractivity contribution in [3.63, 3.8) is 0 Å². The van der Waals surface area contributed by atoms with Crippen LogP contribution in [0.25, 0.3) is 0 Å². The van der Waals surface area contributed by atoms with E-state index in [0.717, 1.165) is 70.2 Å². The monoisotopic (exact) mass is 538 g/mol. The van der Waals surface area contributed by atoms with E-state index in [1.807, 2.05) is 6.20 Å². The summed E-state index contributed by atoms with van der Waals surface area (Å²) in [5, 5.41) is 7.08. The predicted molar refractivity (Wildman–Crippen MR) is 140 cm³/mol. The molecule has 1 fully saturated rings. The molecule has 1 unspecified atom stereocenters. The molecule has 0 aliphatic carbocycles. The molecule has 6 nitrogen and oxygen atoms in total. The summed E-state index contributed by atoms with van der Waals surface area (Å²) in [6.07, 6.45) is 8.43. The molecule has 1 aromatic heterocycles. The number of imidazole rings is 1. The number of aryl methyl sites for hydroxylation is 2. The lowest BCUT2D eigenvalue weighted by Crippen LogP contribution is -2.49. The van der Waals surface area contributed by atoms with E-state index in [0.29, 0.717) is 12.1 Å². The molecule has 0 bridgehead atoms. The van der Waals surface area contributed by atoms with E-state index < -0.39 is 0 Å². The molecule has 0 spiro atoms. The average molecular weight is 539 g/mol. The van der Waals surface area contributed by atoms with Crippen molar-refractivity contribution in [1.82, 2.24) is 25.1 Å². The molecule has 0 saturated carbocycles. The van der Waals surface area contributed by atoms with Crippen LogP contribution in [0.4, 0.5) is 0 Å². The first-order valence-electron chi connectivity index (χ1n) is 11.5. The number of unbranched alkanes of at least 4 members (excludes halogenated alkanes) is 1. The van der Waals surface area contributed by atoms with Crippen molar-refractivity contribution in [3.05, 3.63) is 54.1 Å². The van der Waals surface area contributed by atoms with E-state index in [1.54, 1.807) is 0 Å². The highest BCUT2D eigenvalue weighted by atomic mass is 127. The number of halogens is 1. The average Bonchev–Trinajstić information content (AvgIpc) is 3.19. The zero-order valence-corrected chi connectivity index (χ0v) is 21.6. The van der Waals surface area contributed by atoms with Crippen LogP contribution >= 0.6 is 24.0 Å². The van der Waals surface area contributed by atoms with Crippen LogP contribution in [-0.2, 0) is 6.54 Å². The fraction of sp³-hybridized carbons (Fsp3) is 0.583. The van der Waals surface area contributed by atoms with Gasteiger partial charge in [0.25, 0.3) is 0 Å². The molecule has 1 aliphatic rings. The molecule has 7 heteroatoms. The van der Waals surface area contributed by atoms with Crippen LogP contribution < -0.4 is 10.6 Å². The quantitative estimate of drug-likeness (QED) is 0.216. The highest BCUT2D eigenvalue weighted by molar-refractivity contribution is 14.0. The van der Waals surface area contributed by atoms with Crippen molar-refractivity contribution in [2.24, 2.45) is 4.99 Å². The Hall–Kier alpha value is -1.61. The van der Waals surface area contributed by atoms with Gasteiger partial charge in [-0.15, -0.1) is 24.0 Å². The normalized spacial score (nSPS) is 16.5. The Labute approximate surface area is 204 Å². The standard InChI is InChI=1S/C24H38N6.HI/c1-4-25-24(27-14-8-9-16-30-19-15-26-21(30)3)28-23-12-17-29(18-13-23)20(2)22-10-6-5-7-11-22;/h5-7,10-11,15,19-20,23H,4,8-9,12-14,16-18H2,1-3H3,(H2,25,27,28);1H. The van der Waals surface area contributed by atoms with Gasteiger partial charge in [-0.1, -0.05) is 30.3 Å². The van der Waals surface area contributed by atoms with Crippen LogP contribution in [0.1, 0.15) is 57.0 Å². The first-order valence-corrected chi connectivity index (χ1v) is 11.5. The van der Waals surface area contributed by atoms with Gasteiger partial charge < -0.3 is 15.2 Å². The summed E-state index contributed by atoms with van der Waals surface area (Å²) in [5.74, 6) is 2.05. The summed E-state index contributed by atoms with van der Waals surface area (Å²) in [4.78, 5) is 11.7. The summed E-state index contributed by atoms with van der Waals surface area (Å²) in [6.45, 7) is 11.5. The number of nitrogens with one attached hydrogen (secondary N) is 2. The molecule has 172 valence electrons. The van der Waals surface area contributed by atoms with Gasteiger partial charge in [-0.3, -0.25) is 9.89 Å². The zero-order chi connectivity index (χ0) is 21.2. The molecule has 1 aliphatic heterocycles. The number of aromatic nitrogens is 2. The Morgan fingerprint density at radius 3 is 2.58 bits per heavy atom. The van der Waals surface area contributed by atoms with Crippen LogP contribution in [0.15, 0.2) is 47.7 Å². The lowest BCUT2D eigenvalue weighted by Gasteiger charge is -2.37. The highest BCUT2D eigenvalue weighted by Crippen LogP contribution is 2.23. The minimum Gasteiger partial charge on any atom is -0.357 e. The van der Waals surface area contributed by atoms with E-state index in [4.69, 9.17) is 4.99 Å². The molecular formula is C24H39IN6. The number of guanidine groups is 1. The topological polar surface area (TPSA) is 57.5 Å². The highest BCUT2D eigenvalue weighted by Gasteiger charge is 2.23. The summed E-state index contributed by atoms with van der Waals surface area (Å²) >= 11 is 0. The van der Waals surface area contributed by atoms with Crippen molar-refractivity contribution in [2.45, 2.75) is 65.1 Å². The summed E-state index contributed by atoms with van der Waals surface area (Å²) in [7, 11) is 0. The van der Waals surface area contributed by atoms with Crippen molar-refractivity contribution < 1.29 is 0 Å². The third-order valence-electron chi connectivity index (χ3n) is 6.05. The number of aliphatic imine (C=N–C) groups is 1. The van der Waals surface area contributed by atoms with Gasteiger partial charge >= 0.3 is 0 Å². The third kappa shape index (κ3) is 8.11. The molecular weight excluding hydrogens is 499 g/mol. The van der Waals surface area contributed by atoms with Crippen LogP contribution in [0.3, 0.4) is 0 Å². The minimum absolute atomic E-state index is 0. The predicted octanol–water partition coefficient (Wildman–Crippen LogP) is 4.37. The molecule has 2 aromatic rings. The van der Waals surface area contributed by atoms with Gasteiger partial charge in [0.15, 0.2) is 5.96 Å². The zero-order valence-electron chi connectivity index (χ0n) is 19.3. The minimum atomic E-state index is 0. The Kier molecular flexibility index (Phi) is 11.4. The van der Waals surface area contributed by atoms with E-state index >= 15 is 0 Å². The van der Waals surface area contributed by atoms with Crippen molar-refractivity contribution >= 4 is 29.9 Å². The maximum Gasteiger partial charge on any atom is 0.191 e. The first-order chi connectivity index (χ1) is 14.7. The van der Waals surface area contributed by atoms with E-state index in [2.05, 4.69) is 82.4 Å². The number of hydrogen-bond donors (Lipinski definition) is 2. The SMILES string of the molecule is CCNC(=NCCCCn1ccnc1C)NC1CCN(C(C)c2ccccc2)CC1.I. The first kappa shape index (κ1) is 25.6. The molecule has 1 aromatic carbocycles. The van der Waals surface area contributed by atoms with Gasteiger partial charge in [0, 0.05) is 57.2 Å². The number of benzene rings is 1. The molecule has 2 N–H and O–H groups in total. The van der Waals surface area contributed by atoms with Gasteiger partial charge in [-0.05, 0) is 52.0 Å². The van der Waals surface area contributed by atoms with Gasteiger partial charge in [0.05, 0.1) is 0 Å². The summed E-state index contributed by atoms with van der Waals surface area (Å²) < 4.78 is 2.21. The van der Waals surface area contributed by atoms with Crippen molar-refractivity contribution in [3.8, 4) is 0 Å². The van der Waals surface area contributed by atoms with Gasteiger partial charge in [-0.2, -0.15) is 0 Å².